The van der Waals surface area contributed by atoms with Crippen molar-refractivity contribution >= 4 is 40.7 Å². The Morgan fingerprint density at radius 1 is 1.19 bits per heavy atom. The number of hydrogen-bond acceptors (Lipinski definition) is 6. The van der Waals surface area contributed by atoms with Crippen LogP contribution in [0.4, 0.5) is 14.5 Å². The molecule has 4 N–H and O–H groups in total. The molecular formula is C30H34Cl2F2N4O4. The smallest absolute Gasteiger partial charge is 0.238 e. The number of carbonyl (C=O) groups is 2. The number of benzene rings is 1. The number of anilines is 1. The van der Waals surface area contributed by atoms with Gasteiger partial charge in [0.15, 0.2) is 11.0 Å². The lowest BCUT2D eigenvalue weighted by Crippen LogP contribution is -2.61. The molecule has 42 heavy (non-hydrogen) atoms. The van der Waals surface area contributed by atoms with E-state index in [4.69, 9.17) is 27.9 Å². The third kappa shape index (κ3) is 4.53. The van der Waals surface area contributed by atoms with Crippen LogP contribution in [0.3, 0.4) is 0 Å². The minimum absolute atomic E-state index is 0.0268. The number of carbonyl (C=O) groups excluding carboxylic acids is 2. The maximum atomic E-state index is 16.0. The maximum absolute atomic E-state index is 16.0. The molecule has 5 atom stereocenters. The average Bonchev–Trinajstić information content (AvgIpc) is 3.41. The van der Waals surface area contributed by atoms with Gasteiger partial charge in [-0.2, -0.15) is 0 Å². The lowest BCUT2D eigenvalue weighted by Gasteiger charge is -2.50. The van der Waals surface area contributed by atoms with Crippen molar-refractivity contribution in [3.63, 3.8) is 0 Å². The van der Waals surface area contributed by atoms with E-state index in [0.717, 1.165) is 12.8 Å². The third-order valence-corrected chi connectivity index (χ3v) is 10.5. The number of ether oxygens (including phenoxy) is 1. The van der Waals surface area contributed by atoms with Crippen LogP contribution in [0.15, 0.2) is 24.4 Å². The van der Waals surface area contributed by atoms with Gasteiger partial charge in [-0.1, -0.05) is 37.0 Å². The Hall–Kier alpha value is -2.37. The van der Waals surface area contributed by atoms with Crippen LogP contribution in [0.2, 0.25) is 10.2 Å². The molecule has 8 nitrogen and oxygen atoms in total. The van der Waals surface area contributed by atoms with Crippen molar-refractivity contribution in [1.82, 2.24) is 15.6 Å². The fourth-order valence-electron chi connectivity index (χ4n) is 7.69. The molecule has 4 heterocycles. The van der Waals surface area contributed by atoms with E-state index in [0.29, 0.717) is 36.9 Å². The van der Waals surface area contributed by atoms with Crippen LogP contribution in [0.1, 0.15) is 69.4 Å². The van der Waals surface area contributed by atoms with Crippen molar-refractivity contribution in [2.45, 2.75) is 87.4 Å². The van der Waals surface area contributed by atoms with Crippen molar-refractivity contribution in [2.75, 3.05) is 18.5 Å². The summed E-state index contributed by atoms with van der Waals surface area (Å²) in [7, 11) is 0. The standard InChI is InChI=1S/C30H34Cl2F2N4O4/c1-28(2)6-8-29(9-7-28)30(18-11-20(33)19(31)12-21(18)37-27(30)41)22(17-5-10-35-25(32)23(17)34)24(38-29)26(40)36-15-3-4-16(13-39)42-14-15/h5,10-12,15-16,22,24,38-39H,3-4,6-9,13-14H2,1-2H3,(H,36,40)(H,37,41)/t15-,16+,22+,24-,30-/m1/s1. The molecule has 1 aromatic carbocycles. The number of nitrogens with one attached hydrogen (secondary N) is 3. The molecule has 12 heteroatoms. The molecule has 1 aromatic heterocycles. The summed E-state index contributed by atoms with van der Waals surface area (Å²) < 4.78 is 36.8. The highest BCUT2D eigenvalue weighted by atomic mass is 35.5. The summed E-state index contributed by atoms with van der Waals surface area (Å²) in [5, 5.41) is 18.4. The van der Waals surface area contributed by atoms with Crippen molar-refractivity contribution in [2.24, 2.45) is 5.41 Å². The maximum Gasteiger partial charge on any atom is 0.238 e. The van der Waals surface area contributed by atoms with Gasteiger partial charge >= 0.3 is 0 Å². The van der Waals surface area contributed by atoms with Crippen molar-refractivity contribution in [3.05, 3.63) is 57.3 Å². The summed E-state index contributed by atoms with van der Waals surface area (Å²) >= 11 is 12.3. The largest absolute Gasteiger partial charge is 0.394 e. The molecule has 3 aliphatic heterocycles. The molecule has 1 aliphatic carbocycles. The highest BCUT2D eigenvalue weighted by Gasteiger charge is 2.73. The van der Waals surface area contributed by atoms with E-state index in [-0.39, 0.29) is 46.5 Å². The zero-order valence-electron chi connectivity index (χ0n) is 23.4. The number of hydrogen-bond donors (Lipinski definition) is 4. The number of nitrogens with zero attached hydrogens (tertiary/aromatic N) is 1. The Morgan fingerprint density at radius 3 is 2.60 bits per heavy atom. The van der Waals surface area contributed by atoms with Gasteiger partial charge in [0, 0.05) is 23.3 Å². The molecule has 2 amide bonds. The number of aliphatic hydroxyl groups excluding tert-OH is 1. The van der Waals surface area contributed by atoms with Crippen molar-refractivity contribution in [1.29, 1.82) is 0 Å². The molecule has 6 rings (SSSR count). The van der Waals surface area contributed by atoms with Gasteiger partial charge in [-0.25, -0.2) is 13.8 Å². The topological polar surface area (TPSA) is 113 Å². The van der Waals surface area contributed by atoms with E-state index in [1.807, 2.05) is 0 Å². The minimum Gasteiger partial charge on any atom is -0.394 e. The molecule has 0 bridgehead atoms. The first-order valence-corrected chi connectivity index (χ1v) is 15.1. The van der Waals surface area contributed by atoms with Crippen LogP contribution in [-0.2, 0) is 19.7 Å². The highest BCUT2D eigenvalue weighted by molar-refractivity contribution is 6.31. The Morgan fingerprint density at radius 2 is 1.93 bits per heavy atom. The fraction of sp³-hybridized carbons (Fsp3) is 0.567. The molecule has 3 fully saturated rings. The SMILES string of the molecule is CC1(C)CCC2(CC1)N[C@@H](C(=O)N[C@@H]1CC[C@@H](CO)OC1)[C@H](c1ccnc(Cl)c1F)[C@]21C(=O)Nc2cc(Cl)c(F)cc21. The van der Waals surface area contributed by atoms with Crippen LogP contribution in [-0.4, -0.2) is 58.8 Å². The van der Waals surface area contributed by atoms with Gasteiger partial charge in [-0.05, 0) is 73.3 Å². The Balaban J connectivity index is 1.53. The molecule has 2 spiro atoms. The van der Waals surface area contributed by atoms with Crippen LogP contribution < -0.4 is 16.0 Å². The monoisotopic (exact) mass is 622 g/mol. The quantitative estimate of drug-likeness (QED) is 0.371. The van der Waals surface area contributed by atoms with Crippen LogP contribution in [0.5, 0.6) is 0 Å². The molecule has 4 aliphatic rings. The zero-order chi connectivity index (χ0) is 30.0. The van der Waals surface area contributed by atoms with Gasteiger partial charge in [-0.3, -0.25) is 14.9 Å². The normalized spacial score (nSPS) is 31.3. The number of rotatable bonds is 4. The van der Waals surface area contributed by atoms with Gasteiger partial charge in [0.25, 0.3) is 0 Å². The van der Waals surface area contributed by atoms with E-state index in [9.17, 15) is 14.7 Å². The number of halogens is 4. The predicted octanol–water partition coefficient (Wildman–Crippen LogP) is 4.61. The van der Waals surface area contributed by atoms with E-state index in [1.54, 1.807) is 0 Å². The lowest BCUT2D eigenvalue weighted by molar-refractivity contribution is -0.126. The zero-order valence-corrected chi connectivity index (χ0v) is 24.9. The van der Waals surface area contributed by atoms with E-state index in [2.05, 4.69) is 34.8 Å². The summed E-state index contributed by atoms with van der Waals surface area (Å²) in [5.41, 5.74) is -1.90. The summed E-state index contributed by atoms with van der Waals surface area (Å²) in [4.78, 5) is 32.5. The lowest BCUT2D eigenvalue weighted by atomic mass is 9.53. The number of fused-ring (bicyclic) bond motifs is 3. The second-order valence-electron chi connectivity index (χ2n) is 12.8. The summed E-state index contributed by atoms with van der Waals surface area (Å²) in [6, 6.07) is 2.64. The van der Waals surface area contributed by atoms with Crippen LogP contribution >= 0.6 is 23.2 Å². The number of pyridine rings is 1. The first-order chi connectivity index (χ1) is 19.9. The molecule has 0 unspecified atom stereocenters. The molecule has 2 saturated heterocycles. The number of aromatic nitrogens is 1. The first kappa shape index (κ1) is 29.7. The molecular weight excluding hydrogens is 589 g/mol. The highest BCUT2D eigenvalue weighted by Crippen LogP contribution is 2.64. The summed E-state index contributed by atoms with van der Waals surface area (Å²) in [6.45, 7) is 4.40. The van der Waals surface area contributed by atoms with Gasteiger partial charge in [-0.15, -0.1) is 0 Å². The third-order valence-electron chi connectivity index (χ3n) is 9.95. The van der Waals surface area contributed by atoms with Gasteiger partial charge in [0.1, 0.15) is 11.2 Å². The minimum atomic E-state index is -1.57. The van der Waals surface area contributed by atoms with Gasteiger partial charge in [0.2, 0.25) is 11.8 Å². The Labute approximate surface area is 252 Å². The fourth-order valence-corrected chi connectivity index (χ4v) is 8.02. The number of amides is 2. The van der Waals surface area contributed by atoms with E-state index < -0.39 is 46.4 Å². The second-order valence-corrected chi connectivity index (χ2v) is 13.6. The van der Waals surface area contributed by atoms with E-state index >= 15 is 8.78 Å². The van der Waals surface area contributed by atoms with Crippen molar-refractivity contribution < 1.29 is 28.2 Å². The molecule has 2 aromatic rings. The summed E-state index contributed by atoms with van der Waals surface area (Å²) in [6.07, 6.45) is 4.63. The Kier molecular flexibility index (Phi) is 7.54. The van der Waals surface area contributed by atoms with Crippen LogP contribution in [0, 0.1) is 17.0 Å². The van der Waals surface area contributed by atoms with Crippen LogP contribution in [0.25, 0.3) is 0 Å². The average molecular weight is 624 g/mol. The molecule has 1 saturated carbocycles. The summed E-state index contributed by atoms with van der Waals surface area (Å²) in [5.74, 6) is -3.53. The van der Waals surface area contributed by atoms with Gasteiger partial charge < -0.3 is 20.5 Å². The Bertz CT molecular complexity index is 1420. The second kappa shape index (κ2) is 10.7. The predicted molar refractivity (Wildman–Crippen MR) is 154 cm³/mol. The molecule has 226 valence electrons. The number of aliphatic hydroxyl groups is 1. The van der Waals surface area contributed by atoms with Crippen molar-refractivity contribution in [3.8, 4) is 0 Å². The van der Waals surface area contributed by atoms with Gasteiger partial charge in [0.05, 0.1) is 36.4 Å². The van der Waals surface area contributed by atoms with E-state index in [1.165, 1.54) is 24.4 Å². The molecule has 0 radical (unpaired) electrons. The first-order valence-electron chi connectivity index (χ1n) is 14.3.